The van der Waals surface area contributed by atoms with Gasteiger partial charge in [-0.2, -0.15) is 0 Å². The van der Waals surface area contributed by atoms with E-state index in [2.05, 4.69) is 10.3 Å². The molecule has 0 saturated heterocycles. The summed E-state index contributed by atoms with van der Waals surface area (Å²) in [5.41, 5.74) is 1.89. The molecule has 1 aliphatic rings. The summed E-state index contributed by atoms with van der Waals surface area (Å²) in [7, 11) is 1.95. The van der Waals surface area contributed by atoms with Crippen LogP contribution in [0.25, 0.3) is 0 Å². The summed E-state index contributed by atoms with van der Waals surface area (Å²) in [6.07, 6.45) is 3.58. The minimum atomic E-state index is 0.247. The Morgan fingerprint density at radius 3 is 2.89 bits per heavy atom. The first-order valence-electron chi connectivity index (χ1n) is 5.52. The van der Waals surface area contributed by atoms with E-state index >= 15 is 0 Å². The van der Waals surface area contributed by atoms with E-state index in [0.29, 0.717) is 23.1 Å². The predicted molar refractivity (Wildman–Crippen MR) is 68.1 cm³/mol. The van der Waals surface area contributed by atoms with Gasteiger partial charge in [-0.15, -0.1) is 0 Å². The van der Waals surface area contributed by atoms with Gasteiger partial charge in [-0.1, -0.05) is 11.6 Å². The lowest BCUT2D eigenvalue weighted by Crippen LogP contribution is -2.04. The molecule has 6 heteroatoms. The van der Waals surface area contributed by atoms with Gasteiger partial charge in [-0.3, -0.25) is 0 Å². The number of halogens is 1. The molecule has 0 spiro atoms. The van der Waals surface area contributed by atoms with E-state index in [1.54, 1.807) is 12.4 Å². The second-order valence-corrected chi connectivity index (χ2v) is 4.44. The van der Waals surface area contributed by atoms with Crippen molar-refractivity contribution in [1.29, 1.82) is 0 Å². The van der Waals surface area contributed by atoms with Gasteiger partial charge < -0.3 is 19.4 Å². The van der Waals surface area contributed by atoms with Crippen molar-refractivity contribution < 1.29 is 9.47 Å². The number of aromatic nitrogens is 2. The van der Waals surface area contributed by atoms with E-state index in [-0.39, 0.29) is 6.79 Å². The number of fused-ring (bicyclic) bond motifs is 1. The first-order valence-corrected chi connectivity index (χ1v) is 5.90. The molecule has 3 rings (SSSR count). The maximum atomic E-state index is 6.17. The van der Waals surface area contributed by atoms with Gasteiger partial charge in [0.2, 0.25) is 6.79 Å². The Labute approximate surface area is 109 Å². The summed E-state index contributed by atoms with van der Waals surface area (Å²) in [4.78, 5) is 4.06. The lowest BCUT2D eigenvalue weighted by atomic mass is 10.2. The quantitative estimate of drug-likeness (QED) is 0.926. The van der Waals surface area contributed by atoms with Crippen LogP contribution in [0.2, 0.25) is 5.02 Å². The first-order chi connectivity index (χ1) is 8.74. The zero-order valence-corrected chi connectivity index (χ0v) is 10.6. The van der Waals surface area contributed by atoms with Crippen LogP contribution in [0.4, 0.5) is 5.69 Å². The lowest BCUT2D eigenvalue weighted by Gasteiger charge is -2.09. The molecule has 0 amide bonds. The number of nitrogens with one attached hydrogen (secondary N) is 1. The number of anilines is 1. The van der Waals surface area contributed by atoms with Crippen LogP contribution in [0.15, 0.2) is 24.7 Å². The number of benzene rings is 1. The minimum Gasteiger partial charge on any atom is -0.454 e. The normalized spacial score (nSPS) is 12.8. The molecule has 1 aromatic heterocycles. The Morgan fingerprint density at radius 1 is 1.39 bits per heavy atom. The number of hydrogen-bond donors (Lipinski definition) is 1. The number of aryl methyl sites for hydroxylation is 1. The highest BCUT2D eigenvalue weighted by molar-refractivity contribution is 6.33. The van der Waals surface area contributed by atoms with E-state index in [4.69, 9.17) is 21.1 Å². The van der Waals surface area contributed by atoms with Gasteiger partial charge in [-0.05, 0) is 0 Å². The summed E-state index contributed by atoms with van der Waals surface area (Å²) >= 11 is 6.17. The molecule has 94 valence electrons. The van der Waals surface area contributed by atoms with Crippen molar-refractivity contribution in [2.45, 2.75) is 6.54 Å². The summed E-state index contributed by atoms with van der Waals surface area (Å²) in [6, 6.07) is 3.61. The van der Waals surface area contributed by atoms with Crippen LogP contribution in [-0.4, -0.2) is 16.3 Å². The molecule has 1 aliphatic heterocycles. The molecule has 2 heterocycles. The lowest BCUT2D eigenvalue weighted by molar-refractivity contribution is 0.174. The fourth-order valence-corrected chi connectivity index (χ4v) is 2.01. The van der Waals surface area contributed by atoms with Crippen molar-refractivity contribution in [3.05, 3.63) is 35.4 Å². The standard InChI is InChI=1S/C12H12ClN3O2/c1-16-6-14-4-8(16)5-15-10-3-12-11(2-9(10)13)17-7-18-12/h2-4,6,15H,5,7H2,1H3. The van der Waals surface area contributed by atoms with Crippen LogP contribution >= 0.6 is 11.6 Å². The fraction of sp³-hybridized carbons (Fsp3) is 0.250. The monoisotopic (exact) mass is 265 g/mol. The van der Waals surface area contributed by atoms with Crippen LogP contribution in [-0.2, 0) is 13.6 Å². The van der Waals surface area contributed by atoms with Gasteiger partial charge >= 0.3 is 0 Å². The van der Waals surface area contributed by atoms with Crippen LogP contribution in [0.5, 0.6) is 11.5 Å². The number of hydrogen-bond acceptors (Lipinski definition) is 4. The highest BCUT2D eigenvalue weighted by atomic mass is 35.5. The van der Waals surface area contributed by atoms with E-state index < -0.39 is 0 Å². The van der Waals surface area contributed by atoms with Crippen LogP contribution in [0, 0.1) is 0 Å². The third-order valence-electron chi connectivity index (χ3n) is 2.84. The molecule has 18 heavy (non-hydrogen) atoms. The van der Waals surface area contributed by atoms with Crippen molar-refractivity contribution in [2.24, 2.45) is 7.05 Å². The van der Waals surface area contributed by atoms with E-state index in [1.165, 1.54) is 0 Å². The molecule has 0 fully saturated rings. The molecule has 1 N–H and O–H groups in total. The Balaban J connectivity index is 1.79. The zero-order chi connectivity index (χ0) is 12.5. The smallest absolute Gasteiger partial charge is 0.231 e. The topological polar surface area (TPSA) is 48.3 Å². The average molecular weight is 266 g/mol. The predicted octanol–water partition coefficient (Wildman–Crippen LogP) is 2.41. The van der Waals surface area contributed by atoms with E-state index in [9.17, 15) is 0 Å². The van der Waals surface area contributed by atoms with Crippen LogP contribution in [0.3, 0.4) is 0 Å². The second-order valence-electron chi connectivity index (χ2n) is 4.03. The number of nitrogens with zero attached hydrogens (tertiary/aromatic N) is 2. The highest BCUT2D eigenvalue weighted by Gasteiger charge is 2.16. The number of rotatable bonds is 3. The van der Waals surface area contributed by atoms with Crippen molar-refractivity contribution >= 4 is 17.3 Å². The van der Waals surface area contributed by atoms with Gasteiger partial charge in [0.1, 0.15) is 0 Å². The fourth-order valence-electron chi connectivity index (χ4n) is 1.79. The number of ether oxygens (including phenoxy) is 2. The summed E-state index contributed by atoms with van der Waals surface area (Å²) in [5.74, 6) is 1.40. The minimum absolute atomic E-state index is 0.247. The highest BCUT2D eigenvalue weighted by Crippen LogP contribution is 2.39. The van der Waals surface area contributed by atoms with Gasteiger partial charge in [0.25, 0.3) is 0 Å². The Kier molecular flexibility index (Phi) is 2.76. The molecular weight excluding hydrogens is 254 g/mol. The van der Waals surface area contributed by atoms with E-state index in [1.807, 2.05) is 23.9 Å². The molecule has 0 bridgehead atoms. The molecule has 1 aromatic carbocycles. The van der Waals surface area contributed by atoms with Gasteiger partial charge in [-0.25, -0.2) is 4.98 Å². The summed E-state index contributed by atoms with van der Waals surface area (Å²) in [6.45, 7) is 0.896. The Morgan fingerprint density at radius 2 is 2.17 bits per heavy atom. The third kappa shape index (κ3) is 1.97. The number of imidazole rings is 1. The Bertz CT molecular complexity index is 583. The molecule has 0 unspecified atom stereocenters. The average Bonchev–Trinajstić information content (AvgIpc) is 2.95. The molecule has 0 aliphatic carbocycles. The molecule has 5 nitrogen and oxygen atoms in total. The zero-order valence-electron chi connectivity index (χ0n) is 9.81. The maximum Gasteiger partial charge on any atom is 0.231 e. The van der Waals surface area contributed by atoms with Crippen molar-refractivity contribution in [3.63, 3.8) is 0 Å². The van der Waals surface area contributed by atoms with Gasteiger partial charge in [0.15, 0.2) is 11.5 Å². The summed E-state index contributed by atoms with van der Waals surface area (Å²) < 4.78 is 12.5. The van der Waals surface area contributed by atoms with Crippen molar-refractivity contribution in [2.75, 3.05) is 12.1 Å². The molecular formula is C12H12ClN3O2. The molecule has 2 aromatic rings. The van der Waals surface area contributed by atoms with Gasteiger partial charge in [0.05, 0.1) is 29.3 Å². The van der Waals surface area contributed by atoms with Crippen LogP contribution in [0.1, 0.15) is 5.69 Å². The maximum absolute atomic E-state index is 6.17. The third-order valence-corrected chi connectivity index (χ3v) is 3.15. The first kappa shape index (κ1) is 11.2. The summed E-state index contributed by atoms with van der Waals surface area (Å²) in [5, 5.41) is 3.87. The van der Waals surface area contributed by atoms with Crippen molar-refractivity contribution in [1.82, 2.24) is 9.55 Å². The van der Waals surface area contributed by atoms with Gasteiger partial charge in [0, 0.05) is 25.4 Å². The second kappa shape index (κ2) is 4.42. The SMILES string of the molecule is Cn1cncc1CNc1cc2c(cc1Cl)OCO2. The molecule has 0 radical (unpaired) electrons. The molecule has 0 atom stereocenters. The van der Waals surface area contributed by atoms with Crippen molar-refractivity contribution in [3.8, 4) is 11.5 Å². The largest absolute Gasteiger partial charge is 0.454 e. The van der Waals surface area contributed by atoms with Crippen LogP contribution < -0.4 is 14.8 Å². The molecule has 0 saturated carbocycles. The van der Waals surface area contributed by atoms with E-state index in [0.717, 1.165) is 11.4 Å². The Hall–Kier alpha value is -1.88.